The minimum absolute atomic E-state index is 0.768. The van der Waals surface area contributed by atoms with E-state index in [4.69, 9.17) is 14.3 Å². The van der Waals surface area contributed by atoms with E-state index in [2.05, 4.69) is 11.2 Å². The molecule has 0 saturated carbocycles. The van der Waals surface area contributed by atoms with Gasteiger partial charge < -0.3 is 14.3 Å². The molecule has 0 atom stereocenters. The number of oxime groups is 1. The molecule has 1 aliphatic carbocycles. The van der Waals surface area contributed by atoms with Crippen LogP contribution in [0.15, 0.2) is 17.3 Å². The van der Waals surface area contributed by atoms with E-state index in [1.807, 2.05) is 6.07 Å². The Labute approximate surface area is 101 Å². The molecule has 1 aromatic carbocycles. The van der Waals surface area contributed by atoms with Gasteiger partial charge in [-0.25, -0.2) is 0 Å². The van der Waals surface area contributed by atoms with Crippen molar-refractivity contribution in [2.24, 2.45) is 5.16 Å². The number of nitrogens with zero attached hydrogens (tertiary/aromatic N) is 1. The van der Waals surface area contributed by atoms with Crippen molar-refractivity contribution in [2.45, 2.75) is 19.3 Å². The van der Waals surface area contributed by atoms with Gasteiger partial charge in [-0.2, -0.15) is 0 Å². The largest absolute Gasteiger partial charge is 0.493 e. The second kappa shape index (κ2) is 5.08. The molecule has 0 N–H and O–H groups in total. The third kappa shape index (κ3) is 2.35. The molecule has 92 valence electrons. The van der Waals surface area contributed by atoms with Crippen LogP contribution >= 0.6 is 0 Å². The Bertz CT molecular complexity index is 441. The van der Waals surface area contributed by atoms with Crippen LogP contribution in [0.2, 0.25) is 0 Å². The van der Waals surface area contributed by atoms with Crippen LogP contribution in [0, 0.1) is 0 Å². The Morgan fingerprint density at radius 1 is 0.941 bits per heavy atom. The third-order valence-corrected chi connectivity index (χ3v) is 3.00. The molecule has 1 aromatic rings. The molecule has 0 bridgehead atoms. The molecule has 4 heteroatoms. The molecule has 0 unspecified atom stereocenters. The SMILES string of the molecule is CON=C1CCc2cc(OC)c(OC)cc2C1. The van der Waals surface area contributed by atoms with E-state index in [0.29, 0.717) is 0 Å². The maximum absolute atomic E-state index is 5.30. The van der Waals surface area contributed by atoms with Crippen LogP contribution in [0.4, 0.5) is 0 Å². The molecule has 2 rings (SSSR count). The number of aryl methyl sites for hydroxylation is 1. The molecule has 1 aliphatic rings. The second-order valence-corrected chi connectivity index (χ2v) is 3.99. The van der Waals surface area contributed by atoms with E-state index in [9.17, 15) is 0 Å². The van der Waals surface area contributed by atoms with Gasteiger partial charge in [0.05, 0.1) is 19.9 Å². The summed E-state index contributed by atoms with van der Waals surface area (Å²) in [5.74, 6) is 1.56. The highest BCUT2D eigenvalue weighted by molar-refractivity contribution is 5.88. The molecule has 0 spiro atoms. The van der Waals surface area contributed by atoms with E-state index >= 15 is 0 Å². The summed E-state index contributed by atoms with van der Waals surface area (Å²) in [4.78, 5) is 4.83. The molecule has 0 heterocycles. The first-order valence-corrected chi connectivity index (χ1v) is 5.61. The Morgan fingerprint density at radius 3 is 2.18 bits per heavy atom. The van der Waals surface area contributed by atoms with Gasteiger partial charge in [-0.1, -0.05) is 5.16 Å². The summed E-state index contributed by atoms with van der Waals surface area (Å²) in [6.07, 6.45) is 2.73. The average Bonchev–Trinajstić information content (AvgIpc) is 2.37. The predicted octanol–water partition coefficient (Wildman–Crippen LogP) is 2.19. The van der Waals surface area contributed by atoms with Gasteiger partial charge in [-0.05, 0) is 36.1 Å². The van der Waals surface area contributed by atoms with Gasteiger partial charge in [0.2, 0.25) is 0 Å². The Morgan fingerprint density at radius 2 is 1.59 bits per heavy atom. The third-order valence-electron chi connectivity index (χ3n) is 3.00. The topological polar surface area (TPSA) is 40.0 Å². The fourth-order valence-electron chi connectivity index (χ4n) is 2.15. The maximum atomic E-state index is 5.30. The summed E-state index contributed by atoms with van der Waals surface area (Å²) in [6.45, 7) is 0. The molecule has 0 aliphatic heterocycles. The molecule has 0 fully saturated rings. The lowest BCUT2D eigenvalue weighted by atomic mass is 9.90. The first-order valence-electron chi connectivity index (χ1n) is 5.61. The Kier molecular flexibility index (Phi) is 3.52. The predicted molar refractivity (Wildman–Crippen MR) is 66.0 cm³/mol. The lowest BCUT2D eigenvalue weighted by molar-refractivity contribution is 0.211. The average molecular weight is 235 g/mol. The molecular formula is C13H17NO3. The summed E-state index contributed by atoms with van der Waals surface area (Å²) in [7, 11) is 4.89. The number of ether oxygens (including phenoxy) is 2. The van der Waals surface area contributed by atoms with Crippen molar-refractivity contribution in [3.63, 3.8) is 0 Å². The van der Waals surface area contributed by atoms with Crippen molar-refractivity contribution >= 4 is 5.71 Å². The minimum atomic E-state index is 0.768. The molecule has 0 aromatic heterocycles. The normalized spacial score (nSPS) is 16.5. The molecule has 0 saturated heterocycles. The van der Waals surface area contributed by atoms with Gasteiger partial charge in [0.15, 0.2) is 11.5 Å². The molecule has 4 nitrogen and oxygen atoms in total. The first kappa shape index (κ1) is 11.8. The van der Waals surface area contributed by atoms with Crippen molar-refractivity contribution in [3.05, 3.63) is 23.3 Å². The molecular weight excluding hydrogens is 218 g/mol. The Balaban J connectivity index is 2.35. The number of rotatable bonds is 3. The van der Waals surface area contributed by atoms with E-state index < -0.39 is 0 Å². The van der Waals surface area contributed by atoms with Crippen LogP contribution in [-0.2, 0) is 17.7 Å². The summed E-state index contributed by atoms with van der Waals surface area (Å²) in [6, 6.07) is 4.08. The first-order chi connectivity index (χ1) is 8.28. The number of benzene rings is 1. The van der Waals surface area contributed by atoms with Crippen molar-refractivity contribution in [1.29, 1.82) is 0 Å². The molecule has 17 heavy (non-hydrogen) atoms. The van der Waals surface area contributed by atoms with E-state index in [1.165, 1.54) is 11.1 Å². The van der Waals surface area contributed by atoms with E-state index in [-0.39, 0.29) is 0 Å². The zero-order chi connectivity index (χ0) is 12.3. The second-order valence-electron chi connectivity index (χ2n) is 3.99. The van der Waals surface area contributed by atoms with Crippen LogP contribution in [-0.4, -0.2) is 27.0 Å². The van der Waals surface area contributed by atoms with Crippen LogP contribution in [0.1, 0.15) is 17.5 Å². The van der Waals surface area contributed by atoms with Gasteiger partial charge in [0.25, 0.3) is 0 Å². The smallest absolute Gasteiger partial charge is 0.161 e. The van der Waals surface area contributed by atoms with Crippen molar-refractivity contribution in [1.82, 2.24) is 0 Å². The number of methoxy groups -OCH3 is 2. The molecule has 0 amide bonds. The fourth-order valence-corrected chi connectivity index (χ4v) is 2.15. The van der Waals surface area contributed by atoms with Crippen molar-refractivity contribution in [3.8, 4) is 11.5 Å². The van der Waals surface area contributed by atoms with Gasteiger partial charge in [0.1, 0.15) is 7.11 Å². The van der Waals surface area contributed by atoms with Crippen molar-refractivity contribution in [2.75, 3.05) is 21.3 Å². The number of hydrogen-bond acceptors (Lipinski definition) is 4. The lowest BCUT2D eigenvalue weighted by Gasteiger charge is -2.19. The van der Waals surface area contributed by atoms with Gasteiger partial charge in [0, 0.05) is 6.42 Å². The van der Waals surface area contributed by atoms with Crippen LogP contribution in [0.3, 0.4) is 0 Å². The zero-order valence-electron chi connectivity index (χ0n) is 10.4. The highest BCUT2D eigenvalue weighted by atomic mass is 16.6. The van der Waals surface area contributed by atoms with Gasteiger partial charge in [-0.3, -0.25) is 0 Å². The quantitative estimate of drug-likeness (QED) is 0.754. The van der Waals surface area contributed by atoms with E-state index in [0.717, 1.165) is 36.5 Å². The van der Waals surface area contributed by atoms with Crippen LogP contribution < -0.4 is 9.47 Å². The maximum Gasteiger partial charge on any atom is 0.161 e. The summed E-state index contributed by atoms with van der Waals surface area (Å²) in [5.41, 5.74) is 3.62. The Hall–Kier alpha value is -1.71. The lowest BCUT2D eigenvalue weighted by Crippen LogP contribution is -2.14. The standard InChI is InChI=1S/C13H17NO3/c1-15-12-7-9-4-5-11(14-17-3)6-10(9)8-13(12)16-2/h7-8H,4-6H2,1-3H3. The zero-order valence-corrected chi connectivity index (χ0v) is 10.4. The number of fused-ring (bicyclic) bond motifs is 1. The highest BCUT2D eigenvalue weighted by Crippen LogP contribution is 2.33. The summed E-state index contributed by atoms with van der Waals surface area (Å²) >= 11 is 0. The summed E-state index contributed by atoms with van der Waals surface area (Å²) in [5, 5.41) is 4.03. The van der Waals surface area contributed by atoms with Crippen LogP contribution in [0.25, 0.3) is 0 Å². The number of hydrogen-bond donors (Lipinski definition) is 0. The van der Waals surface area contributed by atoms with Crippen molar-refractivity contribution < 1.29 is 14.3 Å². The monoisotopic (exact) mass is 235 g/mol. The van der Waals surface area contributed by atoms with Gasteiger partial charge in [-0.15, -0.1) is 0 Å². The van der Waals surface area contributed by atoms with Crippen LogP contribution in [0.5, 0.6) is 11.5 Å². The van der Waals surface area contributed by atoms with Gasteiger partial charge >= 0.3 is 0 Å². The fraction of sp³-hybridized carbons (Fsp3) is 0.462. The van der Waals surface area contributed by atoms with E-state index in [1.54, 1.807) is 21.3 Å². The summed E-state index contributed by atoms with van der Waals surface area (Å²) < 4.78 is 10.6. The molecule has 0 radical (unpaired) electrons. The highest BCUT2D eigenvalue weighted by Gasteiger charge is 2.18. The minimum Gasteiger partial charge on any atom is -0.493 e.